The first-order valence-corrected chi connectivity index (χ1v) is 24.9. The number of epoxide rings is 1. The molecule has 15 heteroatoms. The fourth-order valence-corrected chi connectivity index (χ4v) is 14.7. The van der Waals surface area contributed by atoms with Crippen molar-refractivity contribution in [2.75, 3.05) is 0 Å². The van der Waals surface area contributed by atoms with Crippen LogP contribution in [0.1, 0.15) is 126 Å². The first-order valence-electron chi connectivity index (χ1n) is 24.9. The van der Waals surface area contributed by atoms with E-state index in [-0.39, 0.29) is 116 Å². The zero-order valence-corrected chi connectivity index (χ0v) is 39.1. The molecule has 0 aliphatic carbocycles. The number of rotatable bonds is 3. The molecule has 12 rings (SSSR count). The molecule has 0 aromatic heterocycles. The van der Waals surface area contributed by atoms with E-state index in [4.69, 9.17) is 56.8 Å². The van der Waals surface area contributed by atoms with E-state index in [1.165, 1.54) is 0 Å². The fourth-order valence-electron chi connectivity index (χ4n) is 14.7. The smallest absolute Gasteiger partial charge is 0.331 e. The summed E-state index contributed by atoms with van der Waals surface area (Å²) in [6.07, 6.45) is 4.90. The van der Waals surface area contributed by atoms with E-state index in [2.05, 4.69) is 41.2 Å². The molecule has 1 N–H and O–H groups in total. The Balaban J connectivity index is 0.741. The van der Waals surface area contributed by atoms with Crippen molar-refractivity contribution in [3.8, 4) is 0 Å². The van der Waals surface area contributed by atoms with Gasteiger partial charge in [0.2, 0.25) is 0 Å². The molecule has 25 atom stereocenters. The summed E-state index contributed by atoms with van der Waals surface area (Å²) in [5, 5.41) is 11.5. The zero-order chi connectivity index (χ0) is 45.2. The van der Waals surface area contributed by atoms with Crippen molar-refractivity contribution in [2.45, 2.75) is 269 Å². The minimum atomic E-state index is -0.923. The van der Waals surface area contributed by atoms with Crippen LogP contribution in [0.25, 0.3) is 0 Å². The molecule has 0 aromatic rings. The standard InChI is InChI=1S/C50H70O15/c1-23(22-51)11-26-14-35(52)50(8)39(54-26)16-29-30(62-50)15-31-44(59-29)45-34(60-45)20-48(6)40(57-31)21-49(7)38(63-48)18-37-46(4,65-49)10-9-27-42(61-37)24(2)12-28-33(55-27)19-47(5)36(56-28)17-32-43(64-47)25(3)13-41(53)58-32/h13,22,24,26-40,42-45,52H,1,9-12,14-21H2,2-8H3/t24?,26?,27?,28?,29?,30?,31?,32?,33?,34?,35?,36?,37?,38?,39?,40?,42?,43?,44?,45?,46-,47+,48-,49+,50+/m1/s1. The van der Waals surface area contributed by atoms with Crippen LogP contribution in [-0.2, 0) is 66.4 Å². The molecule has 0 radical (unpaired) electrons. The van der Waals surface area contributed by atoms with Crippen LogP contribution in [0, 0.1) is 5.92 Å². The lowest BCUT2D eigenvalue weighted by atomic mass is 9.72. The van der Waals surface area contributed by atoms with E-state index in [0.717, 1.165) is 31.1 Å². The van der Waals surface area contributed by atoms with E-state index in [0.29, 0.717) is 63.4 Å². The van der Waals surface area contributed by atoms with E-state index < -0.39 is 40.2 Å². The normalized spacial score (nSPS) is 58.8. The quantitative estimate of drug-likeness (QED) is 0.179. The lowest BCUT2D eigenvalue weighted by Gasteiger charge is -2.61. The molecule has 12 aliphatic heterocycles. The van der Waals surface area contributed by atoms with Gasteiger partial charge < -0.3 is 61.9 Å². The SMILES string of the molecule is C=C(C=O)CC1CC(O)[C@]2(C)OC3CC4OC5C[C@]6(C)O[C@]7(C)CCC8OC9C[C@]%10(C)OC%11C(C)=CC(=O)OC%11CC%10OC9CC(C)C8OC7CC6O[C@]5(C)CC5OC5C4OC3CC2O1. The zero-order valence-electron chi connectivity index (χ0n) is 39.1. The molecule has 0 saturated carbocycles. The van der Waals surface area contributed by atoms with Gasteiger partial charge in [0.15, 0.2) is 0 Å². The van der Waals surface area contributed by atoms with Gasteiger partial charge in [0.1, 0.15) is 36.3 Å². The van der Waals surface area contributed by atoms with Gasteiger partial charge in [-0.25, -0.2) is 4.79 Å². The third-order valence-electron chi connectivity index (χ3n) is 18.5. The van der Waals surface area contributed by atoms with Crippen LogP contribution < -0.4 is 0 Å². The summed E-state index contributed by atoms with van der Waals surface area (Å²) in [5.74, 6) is -0.153. The van der Waals surface area contributed by atoms with Gasteiger partial charge in [-0.1, -0.05) is 13.5 Å². The van der Waals surface area contributed by atoms with Gasteiger partial charge >= 0.3 is 5.97 Å². The first-order chi connectivity index (χ1) is 30.8. The lowest BCUT2D eigenvalue weighted by molar-refractivity contribution is -0.360. The fraction of sp³-hybridized carbons (Fsp3) is 0.880. The first kappa shape index (κ1) is 44.4. The van der Waals surface area contributed by atoms with Crippen LogP contribution in [-0.4, -0.2) is 161 Å². The largest absolute Gasteiger partial charge is 0.456 e. The summed E-state index contributed by atoms with van der Waals surface area (Å²) in [5.41, 5.74) is -2.03. The Hall–Kier alpha value is -1.86. The van der Waals surface area contributed by atoms with E-state index in [1.54, 1.807) is 6.08 Å². The molecule has 12 heterocycles. The molecule has 65 heavy (non-hydrogen) atoms. The van der Waals surface area contributed by atoms with Crippen LogP contribution >= 0.6 is 0 Å². The van der Waals surface area contributed by atoms with Crippen LogP contribution in [0.4, 0.5) is 0 Å². The van der Waals surface area contributed by atoms with Gasteiger partial charge in [-0.05, 0) is 77.9 Å². The predicted octanol–water partition coefficient (Wildman–Crippen LogP) is 4.68. The Kier molecular flexibility index (Phi) is 10.5. The number of ether oxygens (including phenoxy) is 12. The Labute approximate surface area is 382 Å². The van der Waals surface area contributed by atoms with Crippen LogP contribution in [0.3, 0.4) is 0 Å². The average Bonchev–Trinajstić information content (AvgIpc) is 4.02. The van der Waals surface area contributed by atoms with Crippen molar-refractivity contribution in [1.82, 2.24) is 0 Å². The maximum atomic E-state index is 12.3. The second-order valence-corrected chi connectivity index (χ2v) is 23.4. The topological polar surface area (TPSA) is 168 Å². The summed E-state index contributed by atoms with van der Waals surface area (Å²) in [4.78, 5) is 23.6. The van der Waals surface area contributed by atoms with Crippen molar-refractivity contribution in [3.63, 3.8) is 0 Å². The number of carbonyl (C=O) groups is 2. The van der Waals surface area contributed by atoms with Crippen molar-refractivity contribution < 1.29 is 71.5 Å². The maximum Gasteiger partial charge on any atom is 0.331 e. The molecule has 20 unspecified atom stereocenters. The Bertz CT molecular complexity index is 1980. The molecule has 0 aromatic carbocycles. The minimum absolute atomic E-state index is 0.0310. The van der Waals surface area contributed by atoms with Gasteiger partial charge in [0, 0.05) is 63.9 Å². The van der Waals surface area contributed by atoms with E-state index >= 15 is 0 Å². The van der Waals surface area contributed by atoms with E-state index in [9.17, 15) is 14.7 Å². The summed E-state index contributed by atoms with van der Waals surface area (Å²) in [6.45, 7) is 18.7. The predicted molar refractivity (Wildman–Crippen MR) is 228 cm³/mol. The number of hydrogen-bond acceptors (Lipinski definition) is 15. The second-order valence-electron chi connectivity index (χ2n) is 23.4. The second kappa shape index (κ2) is 15.3. The molecular formula is C50H70O15. The van der Waals surface area contributed by atoms with Crippen molar-refractivity contribution >= 4 is 12.3 Å². The Morgan fingerprint density at radius 2 is 1.37 bits per heavy atom. The number of aliphatic hydroxyl groups is 1. The van der Waals surface area contributed by atoms with E-state index in [1.807, 2.05) is 13.8 Å². The monoisotopic (exact) mass is 910 g/mol. The number of fused-ring (bicyclic) bond motifs is 12. The number of carbonyl (C=O) groups excluding carboxylic acids is 2. The molecule has 360 valence electrons. The number of aliphatic hydroxyl groups excluding tert-OH is 1. The van der Waals surface area contributed by atoms with Crippen molar-refractivity contribution in [2.24, 2.45) is 5.92 Å². The molecular weight excluding hydrogens is 841 g/mol. The van der Waals surface area contributed by atoms with Gasteiger partial charge in [0.25, 0.3) is 0 Å². The van der Waals surface area contributed by atoms with Gasteiger partial charge in [-0.3, -0.25) is 4.79 Å². The third kappa shape index (κ3) is 7.24. The van der Waals surface area contributed by atoms with Gasteiger partial charge in [-0.2, -0.15) is 0 Å². The number of hydrogen-bond donors (Lipinski definition) is 1. The summed E-state index contributed by atoms with van der Waals surface area (Å²) in [7, 11) is 0. The summed E-state index contributed by atoms with van der Waals surface area (Å²) < 4.78 is 82.4. The highest BCUT2D eigenvalue weighted by molar-refractivity contribution is 5.84. The lowest BCUT2D eigenvalue weighted by Crippen LogP contribution is -2.71. The minimum Gasteiger partial charge on any atom is -0.456 e. The molecule has 15 nitrogen and oxygen atoms in total. The van der Waals surface area contributed by atoms with Crippen molar-refractivity contribution in [3.05, 3.63) is 23.8 Å². The molecule has 11 saturated heterocycles. The molecule has 12 aliphatic rings. The molecule has 0 spiro atoms. The Morgan fingerprint density at radius 3 is 2.18 bits per heavy atom. The molecule has 0 amide bonds. The number of aldehydes is 1. The molecule has 11 fully saturated rings. The van der Waals surface area contributed by atoms with Crippen LogP contribution in [0.15, 0.2) is 23.8 Å². The molecule has 0 bridgehead atoms. The van der Waals surface area contributed by atoms with Crippen LogP contribution in [0.5, 0.6) is 0 Å². The highest BCUT2D eigenvalue weighted by atomic mass is 16.7. The highest BCUT2D eigenvalue weighted by Crippen LogP contribution is 2.57. The summed E-state index contributed by atoms with van der Waals surface area (Å²) >= 11 is 0. The average molecular weight is 911 g/mol. The maximum absolute atomic E-state index is 12.3. The highest BCUT2D eigenvalue weighted by Gasteiger charge is 2.68. The third-order valence-corrected chi connectivity index (χ3v) is 18.5. The van der Waals surface area contributed by atoms with Gasteiger partial charge in [0.05, 0.1) is 114 Å². The van der Waals surface area contributed by atoms with Crippen LogP contribution in [0.2, 0.25) is 0 Å². The Morgan fingerprint density at radius 1 is 0.662 bits per heavy atom. The number of esters is 1. The summed E-state index contributed by atoms with van der Waals surface area (Å²) in [6, 6.07) is 0. The van der Waals surface area contributed by atoms with Gasteiger partial charge in [-0.15, -0.1) is 0 Å². The van der Waals surface area contributed by atoms with Crippen molar-refractivity contribution in [1.29, 1.82) is 0 Å².